The Labute approximate surface area is 241 Å². The van der Waals surface area contributed by atoms with E-state index in [1.165, 1.54) is 18.2 Å². The minimum absolute atomic E-state index is 0.0831. The third kappa shape index (κ3) is 7.75. The van der Waals surface area contributed by atoms with Crippen LogP contribution in [0.25, 0.3) is 11.1 Å². The molecule has 1 heterocycles. The van der Waals surface area contributed by atoms with E-state index in [0.29, 0.717) is 16.0 Å². The molecule has 0 bridgehead atoms. The molecule has 0 fully saturated rings. The summed E-state index contributed by atoms with van der Waals surface area (Å²) in [4.78, 5) is 25.5. The van der Waals surface area contributed by atoms with Gasteiger partial charge in [-0.3, -0.25) is 19.8 Å². The van der Waals surface area contributed by atoms with Crippen molar-refractivity contribution in [2.45, 2.75) is 71.6 Å². The van der Waals surface area contributed by atoms with Crippen LogP contribution < -0.4 is 10.6 Å². The topological polar surface area (TPSA) is 122 Å². The number of allylic oxidation sites excluding steroid dienone is 2. The molecular weight excluding hydrogens is 558 g/mol. The predicted molar refractivity (Wildman–Crippen MR) is 148 cm³/mol. The van der Waals surface area contributed by atoms with Gasteiger partial charge in [-0.2, -0.15) is 8.78 Å². The normalized spacial score (nSPS) is 17.3. The molecule has 8 nitrogen and oxygen atoms in total. The number of aliphatic carboxylic acids is 1. The summed E-state index contributed by atoms with van der Waals surface area (Å²) in [7, 11) is 0. The third-order valence-corrected chi connectivity index (χ3v) is 6.95. The lowest BCUT2D eigenvalue weighted by Gasteiger charge is -2.33. The van der Waals surface area contributed by atoms with Crippen LogP contribution in [0, 0.1) is 31.4 Å². The number of halogens is 4. The molecule has 2 aromatic rings. The smallest absolute Gasteiger partial charge is 0.317 e. The van der Waals surface area contributed by atoms with Gasteiger partial charge in [-0.05, 0) is 66.6 Å². The van der Waals surface area contributed by atoms with E-state index in [1.54, 1.807) is 39.8 Å². The molecule has 12 heteroatoms. The van der Waals surface area contributed by atoms with Crippen LogP contribution in [0.5, 0.6) is 0 Å². The lowest BCUT2D eigenvalue weighted by Crippen LogP contribution is -2.53. The molecule has 1 amide bonds. The standard InChI is InChI=1S/C30H35F4N3O5/c1-15(2)11-23(36-27(40)19-9-6-10-37(29(19)42)30(33)34)28(41)35-22(14-24(38)39)20-12-18(13-21(31)26(20)32)25-16(3)7-5-8-17(25)4/h5-10,12-13,15,22-23,27,29-30,36,40,42H,11,14H2,1-4H3,(H,35,41)(H,38,39)/t22-,23-,27?,29?/m0/s1. The van der Waals surface area contributed by atoms with Gasteiger partial charge in [0.25, 0.3) is 0 Å². The Hall–Kier alpha value is -3.74. The van der Waals surface area contributed by atoms with Gasteiger partial charge in [-0.15, -0.1) is 0 Å². The van der Waals surface area contributed by atoms with Crippen molar-refractivity contribution in [3.05, 3.63) is 82.6 Å². The molecule has 2 aromatic carbocycles. The van der Waals surface area contributed by atoms with Crippen molar-refractivity contribution in [3.8, 4) is 11.1 Å². The molecule has 228 valence electrons. The summed E-state index contributed by atoms with van der Waals surface area (Å²) in [5.41, 5.74) is 1.85. The molecule has 0 aliphatic carbocycles. The van der Waals surface area contributed by atoms with Crippen LogP contribution in [0.15, 0.2) is 54.3 Å². The summed E-state index contributed by atoms with van der Waals surface area (Å²) in [6, 6.07) is 4.97. The van der Waals surface area contributed by atoms with Crippen LogP contribution in [-0.2, 0) is 9.59 Å². The number of carbonyl (C=O) groups is 2. The van der Waals surface area contributed by atoms with Crippen LogP contribution in [-0.4, -0.2) is 57.1 Å². The van der Waals surface area contributed by atoms with E-state index in [9.17, 15) is 38.1 Å². The van der Waals surface area contributed by atoms with Gasteiger partial charge in [-0.25, -0.2) is 8.78 Å². The van der Waals surface area contributed by atoms with E-state index in [4.69, 9.17) is 0 Å². The second kappa shape index (κ2) is 14.0. The number of benzene rings is 2. The maximum atomic E-state index is 15.2. The predicted octanol–water partition coefficient (Wildman–Crippen LogP) is 4.50. The van der Waals surface area contributed by atoms with E-state index in [2.05, 4.69) is 10.6 Å². The SMILES string of the molecule is Cc1cccc(C)c1-c1cc(F)c(F)c([C@H](CC(=O)O)NC(=O)[C@H](CC(C)C)NC(O)C2=CC=CN(C(F)F)C2O)c1. The summed E-state index contributed by atoms with van der Waals surface area (Å²) in [5.74, 6) is -4.93. The monoisotopic (exact) mass is 593 g/mol. The number of hydrogen-bond donors (Lipinski definition) is 5. The highest BCUT2D eigenvalue weighted by molar-refractivity contribution is 5.83. The van der Waals surface area contributed by atoms with Crippen molar-refractivity contribution in [3.63, 3.8) is 0 Å². The fourth-order valence-corrected chi connectivity index (χ4v) is 4.97. The molecule has 0 spiro atoms. The molecule has 0 saturated heterocycles. The molecule has 5 N–H and O–H groups in total. The van der Waals surface area contributed by atoms with E-state index >= 15 is 4.39 Å². The van der Waals surface area contributed by atoms with Gasteiger partial charge in [0.05, 0.1) is 18.5 Å². The van der Waals surface area contributed by atoms with Gasteiger partial charge in [0.15, 0.2) is 17.9 Å². The highest BCUT2D eigenvalue weighted by Crippen LogP contribution is 2.33. The van der Waals surface area contributed by atoms with Crippen molar-refractivity contribution in [2.24, 2.45) is 5.92 Å². The van der Waals surface area contributed by atoms with E-state index in [0.717, 1.165) is 23.4 Å². The second-order valence-electron chi connectivity index (χ2n) is 10.6. The van der Waals surface area contributed by atoms with Crippen LogP contribution in [0.4, 0.5) is 17.6 Å². The quantitative estimate of drug-likeness (QED) is 0.140. The largest absolute Gasteiger partial charge is 0.481 e. The minimum atomic E-state index is -3.06. The van der Waals surface area contributed by atoms with E-state index in [-0.39, 0.29) is 23.5 Å². The Morgan fingerprint density at radius 2 is 1.74 bits per heavy atom. The highest BCUT2D eigenvalue weighted by Gasteiger charge is 2.33. The summed E-state index contributed by atoms with van der Waals surface area (Å²) < 4.78 is 56.5. The maximum absolute atomic E-state index is 15.2. The molecule has 3 rings (SSSR count). The first-order valence-corrected chi connectivity index (χ1v) is 13.3. The molecule has 0 saturated carbocycles. The summed E-state index contributed by atoms with van der Waals surface area (Å²) in [6.45, 7) is 4.06. The van der Waals surface area contributed by atoms with Gasteiger partial charge >= 0.3 is 12.5 Å². The van der Waals surface area contributed by atoms with Gasteiger partial charge < -0.3 is 20.6 Å². The zero-order valence-corrected chi connectivity index (χ0v) is 23.6. The zero-order chi connectivity index (χ0) is 31.3. The Kier molecular flexibility index (Phi) is 10.9. The first kappa shape index (κ1) is 32.8. The number of carbonyl (C=O) groups excluding carboxylic acids is 1. The number of amides is 1. The average molecular weight is 594 g/mol. The van der Waals surface area contributed by atoms with Gasteiger partial charge in [0.2, 0.25) is 5.91 Å². The van der Waals surface area contributed by atoms with Gasteiger partial charge in [0, 0.05) is 17.3 Å². The van der Waals surface area contributed by atoms with E-state index < -0.39 is 61.0 Å². The fourth-order valence-electron chi connectivity index (χ4n) is 4.97. The zero-order valence-electron chi connectivity index (χ0n) is 23.6. The molecule has 0 aromatic heterocycles. The van der Waals surface area contributed by atoms with Crippen molar-refractivity contribution in [2.75, 3.05) is 0 Å². The van der Waals surface area contributed by atoms with Crippen molar-refractivity contribution in [1.29, 1.82) is 0 Å². The number of aliphatic hydroxyl groups excluding tert-OH is 2. The van der Waals surface area contributed by atoms with Crippen LogP contribution in [0.3, 0.4) is 0 Å². The molecule has 4 atom stereocenters. The number of alkyl halides is 2. The Bertz CT molecular complexity index is 1340. The molecule has 0 radical (unpaired) electrons. The molecule has 2 unspecified atom stereocenters. The summed E-state index contributed by atoms with van der Waals surface area (Å²) in [6.07, 6.45) is -0.978. The first-order valence-electron chi connectivity index (χ1n) is 13.3. The average Bonchev–Trinajstić information content (AvgIpc) is 2.89. The maximum Gasteiger partial charge on any atom is 0.317 e. The van der Waals surface area contributed by atoms with Crippen LogP contribution in [0.2, 0.25) is 0 Å². The molecule has 42 heavy (non-hydrogen) atoms. The summed E-state index contributed by atoms with van der Waals surface area (Å²) >= 11 is 0. The Morgan fingerprint density at radius 3 is 2.31 bits per heavy atom. The number of aliphatic hydroxyl groups is 2. The van der Waals surface area contributed by atoms with Gasteiger partial charge in [0.1, 0.15) is 6.23 Å². The Balaban J connectivity index is 1.95. The number of carboxylic acids is 1. The second-order valence-corrected chi connectivity index (χ2v) is 10.6. The van der Waals surface area contributed by atoms with Crippen molar-refractivity contribution in [1.82, 2.24) is 15.5 Å². The Morgan fingerprint density at radius 1 is 1.10 bits per heavy atom. The van der Waals surface area contributed by atoms with E-state index in [1.807, 2.05) is 6.07 Å². The molecule has 1 aliphatic heterocycles. The number of carboxylic acid groups (broad SMARTS) is 1. The highest BCUT2D eigenvalue weighted by atomic mass is 19.3. The molecule has 1 aliphatic rings. The van der Waals surface area contributed by atoms with Crippen molar-refractivity contribution >= 4 is 11.9 Å². The van der Waals surface area contributed by atoms with Crippen molar-refractivity contribution < 1.29 is 42.5 Å². The number of rotatable bonds is 12. The van der Waals surface area contributed by atoms with Gasteiger partial charge in [-0.1, -0.05) is 38.1 Å². The molecular formula is C30H35F4N3O5. The number of hydrogen-bond acceptors (Lipinski definition) is 6. The van der Waals surface area contributed by atoms with Crippen LogP contribution in [0.1, 0.15) is 49.4 Å². The number of nitrogens with one attached hydrogen (secondary N) is 2. The number of nitrogens with zero attached hydrogens (tertiary/aromatic N) is 1. The minimum Gasteiger partial charge on any atom is -0.481 e. The number of aryl methyl sites for hydroxylation is 2. The lowest BCUT2D eigenvalue weighted by atomic mass is 9.92. The summed E-state index contributed by atoms with van der Waals surface area (Å²) in [5, 5.41) is 35.7. The lowest BCUT2D eigenvalue weighted by molar-refractivity contribution is -0.138. The fraction of sp³-hybridized carbons (Fsp3) is 0.400. The first-order chi connectivity index (χ1) is 19.7. The van der Waals surface area contributed by atoms with Crippen LogP contribution >= 0.6 is 0 Å². The third-order valence-electron chi connectivity index (χ3n) is 6.95.